The van der Waals surface area contributed by atoms with E-state index in [0.717, 1.165) is 13.0 Å². The second kappa shape index (κ2) is 5.01. The van der Waals surface area contributed by atoms with Gasteiger partial charge in [-0.2, -0.15) is 0 Å². The van der Waals surface area contributed by atoms with Gasteiger partial charge in [-0.05, 0) is 44.4 Å². The normalized spacial score (nSPS) is 12.6. The summed E-state index contributed by atoms with van der Waals surface area (Å²) in [6, 6.07) is 6.23. The smallest absolute Gasteiger partial charge is 0.0528 e. The van der Waals surface area contributed by atoms with Gasteiger partial charge in [0.05, 0.1) is 6.10 Å². The van der Waals surface area contributed by atoms with E-state index in [1.165, 1.54) is 16.8 Å². The Balaban J connectivity index is 2.54. The highest BCUT2D eigenvalue weighted by Crippen LogP contribution is 2.17. The van der Waals surface area contributed by atoms with Crippen molar-refractivity contribution in [1.29, 1.82) is 0 Å². The molecule has 2 heteroatoms. The van der Waals surface area contributed by atoms with Crippen LogP contribution in [0.2, 0.25) is 0 Å². The third kappa shape index (κ3) is 3.04. The van der Waals surface area contributed by atoms with Crippen LogP contribution >= 0.6 is 0 Å². The Morgan fingerprint density at radius 1 is 1.36 bits per heavy atom. The average molecular weight is 193 g/mol. The van der Waals surface area contributed by atoms with Gasteiger partial charge in [0, 0.05) is 12.2 Å². The molecule has 1 atom stereocenters. The van der Waals surface area contributed by atoms with Gasteiger partial charge in [-0.1, -0.05) is 12.1 Å². The lowest BCUT2D eigenvalue weighted by atomic mass is 10.1. The van der Waals surface area contributed by atoms with Crippen LogP contribution in [0.5, 0.6) is 0 Å². The van der Waals surface area contributed by atoms with Crippen LogP contribution in [0.3, 0.4) is 0 Å². The fourth-order valence-electron chi connectivity index (χ4n) is 1.36. The summed E-state index contributed by atoms with van der Waals surface area (Å²) < 4.78 is 0. The predicted octanol–water partition coefficient (Wildman–Crippen LogP) is 2.49. The zero-order chi connectivity index (χ0) is 10.6. The second-order valence-electron chi connectivity index (χ2n) is 3.81. The summed E-state index contributed by atoms with van der Waals surface area (Å²) in [6.07, 6.45) is 0.556. The van der Waals surface area contributed by atoms with Crippen molar-refractivity contribution >= 4 is 5.69 Å². The quantitative estimate of drug-likeness (QED) is 0.770. The number of aryl methyl sites for hydroxylation is 1. The van der Waals surface area contributed by atoms with Crippen molar-refractivity contribution in [2.75, 3.05) is 11.9 Å². The van der Waals surface area contributed by atoms with E-state index in [2.05, 4.69) is 31.3 Å². The van der Waals surface area contributed by atoms with Gasteiger partial charge in [-0.25, -0.2) is 0 Å². The van der Waals surface area contributed by atoms with Gasteiger partial charge in [0.2, 0.25) is 0 Å². The summed E-state index contributed by atoms with van der Waals surface area (Å²) in [5.41, 5.74) is 3.76. The summed E-state index contributed by atoms with van der Waals surface area (Å²) >= 11 is 0. The summed E-state index contributed by atoms with van der Waals surface area (Å²) in [6.45, 7) is 6.85. The Kier molecular flexibility index (Phi) is 3.96. The van der Waals surface area contributed by atoms with Gasteiger partial charge in [0.1, 0.15) is 0 Å². The molecule has 0 saturated heterocycles. The Bertz CT molecular complexity index is 294. The summed E-state index contributed by atoms with van der Waals surface area (Å²) in [7, 11) is 0. The zero-order valence-corrected chi connectivity index (χ0v) is 9.17. The van der Waals surface area contributed by atoms with Gasteiger partial charge in [-0.15, -0.1) is 0 Å². The number of rotatable bonds is 4. The van der Waals surface area contributed by atoms with Crippen LogP contribution in [0.15, 0.2) is 18.2 Å². The van der Waals surface area contributed by atoms with E-state index < -0.39 is 0 Å². The highest BCUT2D eigenvalue weighted by molar-refractivity contribution is 5.53. The van der Waals surface area contributed by atoms with Crippen LogP contribution in [0.1, 0.15) is 24.5 Å². The molecular weight excluding hydrogens is 174 g/mol. The molecule has 1 rings (SSSR count). The van der Waals surface area contributed by atoms with E-state index in [1.54, 1.807) is 0 Å². The van der Waals surface area contributed by atoms with Crippen molar-refractivity contribution in [1.82, 2.24) is 0 Å². The first-order valence-corrected chi connectivity index (χ1v) is 5.09. The Labute approximate surface area is 86.0 Å². The third-order valence-electron chi connectivity index (χ3n) is 2.48. The highest BCUT2D eigenvalue weighted by atomic mass is 16.3. The van der Waals surface area contributed by atoms with Gasteiger partial charge >= 0.3 is 0 Å². The maximum atomic E-state index is 9.11. The number of aliphatic hydroxyl groups is 1. The molecule has 0 fully saturated rings. The number of hydrogen-bond donors (Lipinski definition) is 2. The van der Waals surface area contributed by atoms with Crippen molar-refractivity contribution in [2.45, 2.75) is 33.3 Å². The first kappa shape index (κ1) is 11.1. The van der Waals surface area contributed by atoms with E-state index in [9.17, 15) is 0 Å². The van der Waals surface area contributed by atoms with Gasteiger partial charge < -0.3 is 10.4 Å². The lowest BCUT2D eigenvalue weighted by Crippen LogP contribution is -2.10. The average Bonchev–Trinajstić information content (AvgIpc) is 2.12. The Morgan fingerprint density at radius 3 is 2.71 bits per heavy atom. The number of benzene rings is 1. The molecule has 0 bridgehead atoms. The number of aliphatic hydroxyl groups excluding tert-OH is 1. The van der Waals surface area contributed by atoms with Crippen molar-refractivity contribution in [3.63, 3.8) is 0 Å². The van der Waals surface area contributed by atoms with Crippen LogP contribution in [-0.2, 0) is 0 Å². The molecule has 0 saturated carbocycles. The number of anilines is 1. The highest BCUT2D eigenvalue weighted by Gasteiger charge is 2.00. The standard InChI is InChI=1S/C12H19NO/c1-9-5-4-6-12(11(9)3)13-8-7-10(2)14/h4-6,10,13-14H,7-8H2,1-3H3. The first-order chi connectivity index (χ1) is 6.61. The van der Waals surface area contributed by atoms with Crippen LogP contribution < -0.4 is 5.32 Å². The van der Waals surface area contributed by atoms with Crippen LogP contribution in [0.25, 0.3) is 0 Å². The number of hydrogen-bond acceptors (Lipinski definition) is 2. The second-order valence-corrected chi connectivity index (χ2v) is 3.81. The molecule has 1 unspecified atom stereocenters. The molecule has 0 spiro atoms. The van der Waals surface area contributed by atoms with Crippen LogP contribution in [-0.4, -0.2) is 17.8 Å². The minimum Gasteiger partial charge on any atom is -0.393 e. The van der Waals surface area contributed by atoms with E-state index in [1.807, 2.05) is 13.0 Å². The summed E-state index contributed by atoms with van der Waals surface area (Å²) in [5.74, 6) is 0. The van der Waals surface area contributed by atoms with E-state index >= 15 is 0 Å². The van der Waals surface area contributed by atoms with Crippen molar-refractivity contribution < 1.29 is 5.11 Å². The minimum absolute atomic E-state index is 0.229. The Morgan fingerprint density at radius 2 is 2.07 bits per heavy atom. The van der Waals surface area contributed by atoms with E-state index in [4.69, 9.17) is 5.11 Å². The maximum Gasteiger partial charge on any atom is 0.0528 e. The molecule has 0 aliphatic rings. The molecule has 1 aromatic carbocycles. The molecule has 2 nitrogen and oxygen atoms in total. The third-order valence-corrected chi connectivity index (χ3v) is 2.48. The molecule has 78 valence electrons. The van der Waals surface area contributed by atoms with Gasteiger partial charge in [0.25, 0.3) is 0 Å². The molecule has 0 radical (unpaired) electrons. The minimum atomic E-state index is -0.229. The fourth-order valence-corrected chi connectivity index (χ4v) is 1.36. The molecule has 0 aliphatic carbocycles. The maximum absolute atomic E-state index is 9.11. The SMILES string of the molecule is Cc1cccc(NCCC(C)O)c1C. The van der Waals surface area contributed by atoms with Crippen molar-refractivity contribution in [2.24, 2.45) is 0 Å². The molecule has 2 N–H and O–H groups in total. The number of nitrogens with one attached hydrogen (secondary N) is 1. The van der Waals surface area contributed by atoms with Gasteiger partial charge in [-0.3, -0.25) is 0 Å². The van der Waals surface area contributed by atoms with Crippen molar-refractivity contribution in [3.8, 4) is 0 Å². The van der Waals surface area contributed by atoms with Gasteiger partial charge in [0.15, 0.2) is 0 Å². The van der Waals surface area contributed by atoms with E-state index in [0.29, 0.717) is 0 Å². The summed E-state index contributed by atoms with van der Waals surface area (Å²) in [5, 5.41) is 12.4. The molecule has 1 aromatic rings. The largest absolute Gasteiger partial charge is 0.393 e. The monoisotopic (exact) mass is 193 g/mol. The summed E-state index contributed by atoms with van der Waals surface area (Å²) in [4.78, 5) is 0. The lowest BCUT2D eigenvalue weighted by molar-refractivity contribution is 0.189. The predicted molar refractivity (Wildman–Crippen MR) is 60.7 cm³/mol. The van der Waals surface area contributed by atoms with Crippen LogP contribution in [0.4, 0.5) is 5.69 Å². The first-order valence-electron chi connectivity index (χ1n) is 5.09. The van der Waals surface area contributed by atoms with E-state index in [-0.39, 0.29) is 6.10 Å². The van der Waals surface area contributed by atoms with Crippen molar-refractivity contribution in [3.05, 3.63) is 29.3 Å². The molecule has 14 heavy (non-hydrogen) atoms. The lowest BCUT2D eigenvalue weighted by Gasteiger charge is -2.11. The molecular formula is C12H19NO. The molecule has 0 amide bonds. The fraction of sp³-hybridized carbons (Fsp3) is 0.500. The zero-order valence-electron chi connectivity index (χ0n) is 9.17. The molecule has 0 aromatic heterocycles. The van der Waals surface area contributed by atoms with Crippen LogP contribution in [0, 0.1) is 13.8 Å². The Hall–Kier alpha value is -1.02. The molecule has 0 heterocycles. The molecule has 0 aliphatic heterocycles. The topological polar surface area (TPSA) is 32.3 Å².